The lowest BCUT2D eigenvalue weighted by Crippen LogP contribution is -2.58. The summed E-state index contributed by atoms with van der Waals surface area (Å²) in [4.78, 5) is 11.9. The zero-order valence-electron chi connectivity index (χ0n) is 11.1. The van der Waals surface area contributed by atoms with Crippen molar-refractivity contribution in [2.75, 3.05) is 6.54 Å². The van der Waals surface area contributed by atoms with E-state index >= 15 is 0 Å². The maximum absolute atomic E-state index is 11.8. The van der Waals surface area contributed by atoms with E-state index < -0.39 is 15.6 Å². The first-order valence-electron chi connectivity index (χ1n) is 6.50. The van der Waals surface area contributed by atoms with Crippen LogP contribution in [0.5, 0.6) is 0 Å². The molecule has 5 N–H and O–H groups in total. The summed E-state index contributed by atoms with van der Waals surface area (Å²) in [6.45, 7) is 0.479. The normalized spacial score (nSPS) is 17.3. The van der Waals surface area contributed by atoms with Gasteiger partial charge < -0.3 is 11.1 Å². The maximum Gasteiger partial charge on any atom is 0.240 e. The fraction of sp³-hybridized carbons (Fsp3) is 0.462. The van der Waals surface area contributed by atoms with Crippen LogP contribution in [-0.4, -0.2) is 26.4 Å². The van der Waals surface area contributed by atoms with Gasteiger partial charge in [-0.25, -0.2) is 13.6 Å². The summed E-state index contributed by atoms with van der Waals surface area (Å²) in [5.74, 6) is -0.107. The zero-order chi connectivity index (χ0) is 14.8. The highest BCUT2D eigenvalue weighted by molar-refractivity contribution is 7.89. The topological polar surface area (TPSA) is 115 Å². The molecule has 1 aliphatic carbocycles. The minimum absolute atomic E-state index is 0.0839. The highest BCUT2D eigenvalue weighted by Gasteiger charge is 2.39. The molecule has 20 heavy (non-hydrogen) atoms. The minimum Gasteiger partial charge on any atom is -0.354 e. The molecule has 0 heterocycles. The van der Waals surface area contributed by atoms with Crippen molar-refractivity contribution in [3.63, 3.8) is 0 Å². The number of amides is 1. The number of nitrogens with one attached hydrogen (secondary N) is 1. The molecular formula is C13H19N3O3S. The quantitative estimate of drug-likeness (QED) is 0.702. The molecule has 1 fully saturated rings. The number of carbonyl (C=O) groups excluding carboxylic acids is 1. The van der Waals surface area contributed by atoms with Gasteiger partial charge in [0.05, 0.1) is 10.4 Å². The Morgan fingerprint density at radius 1 is 1.25 bits per heavy atom. The molecule has 1 amide bonds. The largest absolute Gasteiger partial charge is 0.354 e. The van der Waals surface area contributed by atoms with Gasteiger partial charge in [0.15, 0.2) is 0 Å². The van der Waals surface area contributed by atoms with Crippen LogP contribution in [-0.2, 0) is 21.2 Å². The number of benzene rings is 1. The highest BCUT2D eigenvalue weighted by atomic mass is 32.2. The van der Waals surface area contributed by atoms with Gasteiger partial charge in [-0.2, -0.15) is 0 Å². The van der Waals surface area contributed by atoms with Crippen LogP contribution in [0.1, 0.15) is 24.8 Å². The van der Waals surface area contributed by atoms with Crippen molar-refractivity contribution in [3.05, 3.63) is 29.8 Å². The monoisotopic (exact) mass is 297 g/mol. The molecule has 7 heteroatoms. The van der Waals surface area contributed by atoms with E-state index in [4.69, 9.17) is 10.9 Å². The van der Waals surface area contributed by atoms with Crippen LogP contribution >= 0.6 is 0 Å². The lowest BCUT2D eigenvalue weighted by Gasteiger charge is -2.36. The van der Waals surface area contributed by atoms with E-state index in [1.807, 2.05) is 0 Å². The molecule has 1 aromatic rings. The predicted molar refractivity (Wildman–Crippen MR) is 75.3 cm³/mol. The van der Waals surface area contributed by atoms with Crippen LogP contribution in [0.3, 0.4) is 0 Å². The van der Waals surface area contributed by atoms with Gasteiger partial charge in [0.25, 0.3) is 0 Å². The first-order chi connectivity index (χ1) is 9.31. The number of hydrogen-bond acceptors (Lipinski definition) is 4. The Hall–Kier alpha value is -1.44. The first-order valence-corrected chi connectivity index (χ1v) is 8.05. The molecule has 0 spiro atoms. The molecule has 0 bridgehead atoms. The third kappa shape index (κ3) is 3.36. The molecule has 1 aliphatic rings. The Morgan fingerprint density at radius 2 is 1.85 bits per heavy atom. The van der Waals surface area contributed by atoms with E-state index in [0.717, 1.165) is 24.8 Å². The summed E-state index contributed by atoms with van der Waals surface area (Å²) >= 11 is 0. The van der Waals surface area contributed by atoms with Gasteiger partial charge in [0.1, 0.15) is 0 Å². The molecule has 6 nitrogen and oxygen atoms in total. The summed E-state index contributed by atoms with van der Waals surface area (Å²) in [7, 11) is -3.65. The molecule has 110 valence electrons. The van der Waals surface area contributed by atoms with E-state index in [1.54, 1.807) is 12.1 Å². The third-order valence-electron chi connectivity index (χ3n) is 3.65. The molecule has 0 unspecified atom stereocenters. The fourth-order valence-corrected chi connectivity index (χ4v) is 2.64. The second-order valence-electron chi connectivity index (χ2n) is 5.20. The maximum atomic E-state index is 11.8. The van der Waals surface area contributed by atoms with Gasteiger partial charge in [-0.1, -0.05) is 12.1 Å². The van der Waals surface area contributed by atoms with Gasteiger partial charge >= 0.3 is 0 Å². The molecule has 0 aliphatic heterocycles. The summed E-state index contributed by atoms with van der Waals surface area (Å²) in [6.07, 6.45) is 3.09. The van der Waals surface area contributed by atoms with E-state index in [1.165, 1.54) is 12.1 Å². The van der Waals surface area contributed by atoms with Crippen molar-refractivity contribution in [1.29, 1.82) is 0 Å². The second kappa shape index (κ2) is 5.51. The predicted octanol–water partition coefficient (Wildman–Crippen LogP) is -0.126. The van der Waals surface area contributed by atoms with Crippen molar-refractivity contribution < 1.29 is 13.2 Å². The highest BCUT2D eigenvalue weighted by Crippen LogP contribution is 2.28. The molecule has 1 saturated carbocycles. The smallest absolute Gasteiger partial charge is 0.240 e. The van der Waals surface area contributed by atoms with Gasteiger partial charge in [-0.05, 0) is 43.4 Å². The third-order valence-corrected chi connectivity index (χ3v) is 4.58. The van der Waals surface area contributed by atoms with E-state index in [-0.39, 0.29) is 10.8 Å². The number of carbonyl (C=O) groups is 1. The minimum atomic E-state index is -3.65. The Labute approximate surface area is 118 Å². The summed E-state index contributed by atoms with van der Waals surface area (Å²) in [5.41, 5.74) is 6.15. The van der Waals surface area contributed by atoms with E-state index in [2.05, 4.69) is 5.32 Å². The van der Waals surface area contributed by atoms with Crippen molar-refractivity contribution in [3.8, 4) is 0 Å². The van der Waals surface area contributed by atoms with Crippen molar-refractivity contribution in [2.24, 2.45) is 10.9 Å². The standard InChI is InChI=1S/C13H19N3O3S/c14-13(7-1-8-13)12(17)16-9-6-10-2-4-11(5-3-10)20(15,18)19/h2-5H,1,6-9,14H2,(H,16,17)(H2,15,18,19). The second-order valence-corrected chi connectivity index (χ2v) is 6.77. The first kappa shape index (κ1) is 15.0. The van der Waals surface area contributed by atoms with Crippen LogP contribution in [0.4, 0.5) is 0 Å². The Morgan fingerprint density at radius 3 is 2.30 bits per heavy atom. The number of rotatable bonds is 5. The van der Waals surface area contributed by atoms with Crippen LogP contribution in [0.25, 0.3) is 0 Å². The zero-order valence-corrected chi connectivity index (χ0v) is 11.9. The number of hydrogen-bond donors (Lipinski definition) is 3. The van der Waals surface area contributed by atoms with Crippen LogP contribution in [0, 0.1) is 0 Å². The summed E-state index contributed by atoms with van der Waals surface area (Å²) in [6, 6.07) is 6.30. The number of nitrogens with two attached hydrogens (primary N) is 2. The van der Waals surface area contributed by atoms with E-state index in [9.17, 15) is 13.2 Å². The number of sulfonamides is 1. The number of primary sulfonamides is 1. The summed E-state index contributed by atoms with van der Waals surface area (Å²) in [5, 5.41) is 7.83. The average molecular weight is 297 g/mol. The molecule has 0 radical (unpaired) electrons. The molecular weight excluding hydrogens is 278 g/mol. The molecule has 0 aromatic heterocycles. The van der Waals surface area contributed by atoms with Crippen LogP contribution in [0.15, 0.2) is 29.2 Å². The van der Waals surface area contributed by atoms with E-state index in [0.29, 0.717) is 13.0 Å². The lowest BCUT2D eigenvalue weighted by atomic mass is 9.77. The van der Waals surface area contributed by atoms with Crippen LogP contribution < -0.4 is 16.2 Å². The van der Waals surface area contributed by atoms with Crippen molar-refractivity contribution in [1.82, 2.24) is 5.32 Å². The Balaban J connectivity index is 1.84. The van der Waals surface area contributed by atoms with Gasteiger partial charge in [0, 0.05) is 6.54 Å². The van der Waals surface area contributed by atoms with Crippen LogP contribution in [0.2, 0.25) is 0 Å². The van der Waals surface area contributed by atoms with Gasteiger partial charge in [-0.15, -0.1) is 0 Å². The van der Waals surface area contributed by atoms with Gasteiger partial charge in [-0.3, -0.25) is 4.79 Å². The fourth-order valence-electron chi connectivity index (χ4n) is 2.13. The Bertz CT molecular complexity index is 592. The molecule has 0 saturated heterocycles. The molecule has 1 aromatic carbocycles. The molecule has 0 atom stereocenters. The molecule has 2 rings (SSSR count). The summed E-state index contributed by atoms with van der Waals surface area (Å²) < 4.78 is 22.2. The van der Waals surface area contributed by atoms with Crippen molar-refractivity contribution >= 4 is 15.9 Å². The average Bonchev–Trinajstić information content (AvgIpc) is 2.35. The SMILES string of the molecule is NC1(C(=O)NCCc2ccc(S(N)(=O)=O)cc2)CCC1. The van der Waals surface area contributed by atoms with Crippen molar-refractivity contribution in [2.45, 2.75) is 36.1 Å². The lowest BCUT2D eigenvalue weighted by molar-refractivity contribution is -0.129. The van der Waals surface area contributed by atoms with Gasteiger partial charge in [0.2, 0.25) is 15.9 Å². The Kier molecular flexibility index (Phi) is 4.12.